The molecule has 1 fully saturated rings. The van der Waals surface area contributed by atoms with E-state index in [0.717, 1.165) is 25.5 Å². The van der Waals surface area contributed by atoms with Crippen molar-refractivity contribution >= 4 is 25.8 Å². The first kappa shape index (κ1) is 16.4. The van der Waals surface area contributed by atoms with Crippen LogP contribution in [0.1, 0.15) is 32.1 Å². The zero-order chi connectivity index (χ0) is 14.7. The van der Waals surface area contributed by atoms with Crippen LogP contribution >= 0.6 is 0 Å². The van der Waals surface area contributed by atoms with E-state index in [0.29, 0.717) is 12.8 Å². The van der Waals surface area contributed by atoms with Crippen LogP contribution in [0.15, 0.2) is 0 Å². The Hall–Kier alpha value is -0.670. The van der Waals surface area contributed by atoms with Crippen LogP contribution in [0.25, 0.3) is 0 Å². The highest BCUT2D eigenvalue weighted by Crippen LogP contribution is 2.36. The number of carbonyl (C=O) groups is 1. The second-order valence-corrected chi connectivity index (χ2v) is 9.44. The van der Waals surface area contributed by atoms with Crippen molar-refractivity contribution in [3.8, 4) is 0 Å². The largest absolute Gasteiger partial charge is 0.481 e. The molecule has 2 N–H and O–H groups in total. The molecule has 0 heterocycles. The lowest BCUT2D eigenvalue weighted by molar-refractivity contribution is -0.150. The summed E-state index contributed by atoms with van der Waals surface area (Å²) in [6.07, 6.45) is 4.04. The number of sulfonamides is 1. The van der Waals surface area contributed by atoms with Gasteiger partial charge in [0.2, 0.25) is 10.0 Å². The Morgan fingerprint density at radius 3 is 2.11 bits per heavy atom. The van der Waals surface area contributed by atoms with Crippen LogP contribution in [0.2, 0.25) is 0 Å². The Kier molecular flexibility index (Phi) is 4.97. The zero-order valence-electron chi connectivity index (χ0n) is 10.8. The molecular formula is C10H19NO6S2. The SMILES string of the molecule is CS(=O)(=O)CS(=O)(=O)NCC1(C(=O)O)CCCCC1. The lowest BCUT2D eigenvalue weighted by Crippen LogP contribution is -2.45. The molecule has 0 amide bonds. The minimum atomic E-state index is -4.01. The predicted molar refractivity (Wildman–Crippen MR) is 69.8 cm³/mol. The van der Waals surface area contributed by atoms with E-state index in [-0.39, 0.29) is 6.54 Å². The molecular weight excluding hydrogens is 294 g/mol. The normalized spacial score (nSPS) is 20.1. The summed E-state index contributed by atoms with van der Waals surface area (Å²) in [5, 5.41) is 8.25. The van der Waals surface area contributed by atoms with E-state index in [2.05, 4.69) is 4.72 Å². The number of carboxylic acids is 1. The molecule has 7 nitrogen and oxygen atoms in total. The van der Waals surface area contributed by atoms with Gasteiger partial charge in [-0.1, -0.05) is 19.3 Å². The number of hydrogen-bond donors (Lipinski definition) is 2. The molecule has 1 aliphatic carbocycles. The number of carboxylic acid groups (broad SMARTS) is 1. The third kappa shape index (κ3) is 5.07. The van der Waals surface area contributed by atoms with Crippen molar-refractivity contribution in [2.24, 2.45) is 5.41 Å². The molecule has 0 aromatic heterocycles. The molecule has 1 rings (SSSR count). The Balaban J connectivity index is 2.75. The fraction of sp³-hybridized carbons (Fsp3) is 0.900. The molecule has 19 heavy (non-hydrogen) atoms. The van der Waals surface area contributed by atoms with Crippen LogP contribution in [0.5, 0.6) is 0 Å². The quantitative estimate of drug-likeness (QED) is 0.709. The van der Waals surface area contributed by atoms with Crippen LogP contribution in [0, 0.1) is 5.41 Å². The third-order valence-corrected chi connectivity index (χ3v) is 6.80. The van der Waals surface area contributed by atoms with Gasteiger partial charge in [0.1, 0.15) is 0 Å². The zero-order valence-corrected chi connectivity index (χ0v) is 12.4. The lowest BCUT2D eigenvalue weighted by Gasteiger charge is -2.33. The molecule has 0 unspecified atom stereocenters. The van der Waals surface area contributed by atoms with Crippen molar-refractivity contribution in [1.29, 1.82) is 0 Å². The minimum Gasteiger partial charge on any atom is -0.481 e. The highest BCUT2D eigenvalue weighted by atomic mass is 32.3. The fourth-order valence-electron chi connectivity index (χ4n) is 2.27. The predicted octanol–water partition coefficient (Wildman–Crippen LogP) is -0.0570. The maximum atomic E-state index is 11.6. The number of aliphatic carboxylic acids is 1. The van der Waals surface area contributed by atoms with E-state index >= 15 is 0 Å². The number of sulfone groups is 1. The summed E-state index contributed by atoms with van der Waals surface area (Å²) >= 11 is 0. The highest BCUT2D eigenvalue weighted by molar-refractivity contribution is 8.06. The standard InChI is InChI=1S/C10H19NO6S2/c1-18(14,15)8-19(16,17)11-7-10(9(12)13)5-3-2-4-6-10/h11H,2-8H2,1H3,(H,12,13). The molecule has 9 heteroatoms. The summed E-state index contributed by atoms with van der Waals surface area (Å²) in [5.41, 5.74) is -1.11. The van der Waals surface area contributed by atoms with E-state index < -0.39 is 36.3 Å². The first-order valence-corrected chi connectivity index (χ1v) is 9.66. The van der Waals surface area contributed by atoms with Crippen molar-refractivity contribution in [3.05, 3.63) is 0 Å². The summed E-state index contributed by atoms with van der Waals surface area (Å²) < 4.78 is 47.2. The average molecular weight is 313 g/mol. The van der Waals surface area contributed by atoms with Crippen molar-refractivity contribution in [2.45, 2.75) is 32.1 Å². The Bertz CT molecular complexity index is 530. The highest BCUT2D eigenvalue weighted by Gasteiger charge is 2.40. The van der Waals surface area contributed by atoms with Crippen LogP contribution in [0.3, 0.4) is 0 Å². The maximum Gasteiger partial charge on any atom is 0.310 e. The lowest BCUT2D eigenvalue weighted by atomic mass is 9.74. The number of rotatable bonds is 6. The molecule has 0 aromatic rings. The van der Waals surface area contributed by atoms with Crippen molar-refractivity contribution in [2.75, 3.05) is 17.9 Å². The molecule has 0 aliphatic heterocycles. The third-order valence-electron chi connectivity index (χ3n) is 3.26. The van der Waals surface area contributed by atoms with Gasteiger partial charge in [-0.3, -0.25) is 4.79 Å². The van der Waals surface area contributed by atoms with Crippen LogP contribution in [-0.4, -0.2) is 45.8 Å². The van der Waals surface area contributed by atoms with Gasteiger partial charge < -0.3 is 5.11 Å². The summed E-state index contributed by atoms with van der Waals surface area (Å²) in [5.74, 6) is -1.03. The smallest absolute Gasteiger partial charge is 0.310 e. The van der Waals surface area contributed by atoms with Crippen molar-refractivity contribution in [1.82, 2.24) is 4.72 Å². The Morgan fingerprint density at radius 2 is 1.68 bits per heavy atom. The summed E-state index contributed by atoms with van der Waals surface area (Å²) in [4.78, 5) is 11.3. The molecule has 0 radical (unpaired) electrons. The van der Waals surface area contributed by atoms with Gasteiger partial charge in [-0.25, -0.2) is 21.6 Å². The first-order valence-electron chi connectivity index (χ1n) is 5.95. The fourth-order valence-corrected chi connectivity index (χ4v) is 5.35. The van der Waals surface area contributed by atoms with Crippen LogP contribution in [-0.2, 0) is 24.7 Å². The molecule has 0 atom stereocenters. The maximum absolute atomic E-state index is 11.6. The van der Waals surface area contributed by atoms with Gasteiger partial charge in [0.05, 0.1) is 5.41 Å². The van der Waals surface area contributed by atoms with Gasteiger partial charge in [-0.05, 0) is 12.8 Å². The van der Waals surface area contributed by atoms with Gasteiger partial charge in [-0.2, -0.15) is 0 Å². The number of nitrogens with one attached hydrogen (secondary N) is 1. The van der Waals surface area contributed by atoms with E-state index in [9.17, 15) is 26.7 Å². The number of hydrogen-bond acceptors (Lipinski definition) is 5. The van der Waals surface area contributed by atoms with Gasteiger partial charge in [0, 0.05) is 12.8 Å². The van der Waals surface area contributed by atoms with E-state index in [1.54, 1.807) is 0 Å². The minimum absolute atomic E-state index is 0.250. The topological polar surface area (TPSA) is 118 Å². The monoisotopic (exact) mass is 313 g/mol. The van der Waals surface area contributed by atoms with Gasteiger partial charge >= 0.3 is 5.97 Å². The molecule has 0 saturated heterocycles. The molecule has 0 bridgehead atoms. The second kappa shape index (κ2) is 5.76. The average Bonchev–Trinajstić information content (AvgIpc) is 2.24. The molecule has 1 aliphatic rings. The van der Waals surface area contributed by atoms with E-state index in [1.807, 2.05) is 0 Å². The molecule has 0 aromatic carbocycles. The summed E-state index contributed by atoms with van der Waals surface area (Å²) in [6, 6.07) is 0. The van der Waals surface area contributed by atoms with E-state index in [1.165, 1.54) is 0 Å². The van der Waals surface area contributed by atoms with Crippen molar-refractivity contribution < 1.29 is 26.7 Å². The van der Waals surface area contributed by atoms with Gasteiger partial charge in [0.25, 0.3) is 0 Å². The molecule has 0 spiro atoms. The van der Waals surface area contributed by atoms with Crippen LogP contribution < -0.4 is 4.72 Å². The summed E-state index contributed by atoms with van der Waals surface area (Å²) in [6.45, 7) is -0.250. The van der Waals surface area contributed by atoms with Crippen molar-refractivity contribution in [3.63, 3.8) is 0 Å². The molecule has 1 saturated carbocycles. The first-order chi connectivity index (χ1) is 8.56. The van der Waals surface area contributed by atoms with E-state index in [4.69, 9.17) is 0 Å². The molecule has 112 valence electrons. The Labute approximate surface area is 113 Å². The summed E-state index contributed by atoms with van der Waals surface area (Å²) in [7, 11) is -7.68. The second-order valence-electron chi connectivity index (χ2n) is 5.13. The van der Waals surface area contributed by atoms with Gasteiger partial charge in [-0.15, -0.1) is 0 Å². The van der Waals surface area contributed by atoms with Crippen LogP contribution in [0.4, 0.5) is 0 Å². The van der Waals surface area contributed by atoms with Gasteiger partial charge in [0.15, 0.2) is 14.9 Å². The Morgan fingerprint density at radius 1 is 1.16 bits per heavy atom.